The Morgan fingerprint density at radius 2 is 2.28 bits per heavy atom. The molecule has 0 saturated carbocycles. The molecule has 18 heavy (non-hydrogen) atoms. The predicted octanol–water partition coefficient (Wildman–Crippen LogP) is 1.39. The highest BCUT2D eigenvalue weighted by Crippen LogP contribution is 2.25. The van der Waals surface area contributed by atoms with Crippen molar-refractivity contribution in [1.82, 2.24) is 5.32 Å². The normalized spacial score (nSPS) is 9.33. The van der Waals surface area contributed by atoms with Crippen molar-refractivity contribution in [3.63, 3.8) is 0 Å². The Balaban J connectivity index is 3.09. The Morgan fingerprint density at radius 1 is 1.56 bits per heavy atom. The first-order valence-electron chi connectivity index (χ1n) is 5.34. The van der Waals surface area contributed by atoms with Crippen molar-refractivity contribution in [2.24, 2.45) is 0 Å². The molecular weight excluding hydrogens is 234 g/mol. The van der Waals surface area contributed by atoms with E-state index in [9.17, 15) is 14.9 Å². The van der Waals surface area contributed by atoms with E-state index in [4.69, 9.17) is 6.42 Å². The minimum Gasteiger partial charge on any atom is -0.369 e. The molecule has 1 amide bonds. The lowest BCUT2D eigenvalue weighted by molar-refractivity contribution is -0.384. The summed E-state index contributed by atoms with van der Waals surface area (Å²) < 4.78 is 0. The van der Waals surface area contributed by atoms with E-state index >= 15 is 0 Å². The number of nitrogens with one attached hydrogen (secondary N) is 2. The number of carbonyl (C=O) groups is 1. The van der Waals surface area contributed by atoms with Crippen LogP contribution >= 0.6 is 0 Å². The topological polar surface area (TPSA) is 84.3 Å². The van der Waals surface area contributed by atoms with Gasteiger partial charge in [-0.2, -0.15) is 0 Å². The highest BCUT2D eigenvalue weighted by molar-refractivity contribution is 5.95. The fourth-order valence-corrected chi connectivity index (χ4v) is 1.39. The monoisotopic (exact) mass is 247 g/mol. The van der Waals surface area contributed by atoms with Gasteiger partial charge in [-0.15, -0.1) is 6.42 Å². The second kappa shape index (κ2) is 6.25. The van der Waals surface area contributed by atoms with E-state index in [0.717, 1.165) is 0 Å². The van der Waals surface area contributed by atoms with Gasteiger partial charge in [0.05, 0.1) is 11.5 Å². The SMILES string of the molecule is C#CCNc1cc(C(=O)NCC)ccc1[N+](=O)[O-]. The molecule has 0 aliphatic carbocycles. The van der Waals surface area contributed by atoms with Crippen molar-refractivity contribution in [2.75, 3.05) is 18.4 Å². The number of rotatable bonds is 5. The van der Waals surface area contributed by atoms with E-state index in [-0.39, 0.29) is 23.8 Å². The van der Waals surface area contributed by atoms with Crippen LogP contribution < -0.4 is 10.6 Å². The summed E-state index contributed by atoms with van der Waals surface area (Å²) in [6.45, 7) is 2.43. The molecule has 0 aliphatic heterocycles. The molecule has 6 heteroatoms. The van der Waals surface area contributed by atoms with Crippen LogP contribution in [0.4, 0.5) is 11.4 Å². The van der Waals surface area contributed by atoms with Gasteiger partial charge in [-0.1, -0.05) is 5.92 Å². The van der Waals surface area contributed by atoms with Crippen LogP contribution in [0.25, 0.3) is 0 Å². The summed E-state index contributed by atoms with van der Waals surface area (Å²) in [5, 5.41) is 16.1. The molecule has 0 spiro atoms. The van der Waals surface area contributed by atoms with Gasteiger partial charge in [0.15, 0.2) is 0 Å². The first kappa shape index (κ1) is 13.5. The first-order valence-corrected chi connectivity index (χ1v) is 5.34. The minimum absolute atomic E-state index is 0.113. The van der Waals surface area contributed by atoms with Crippen molar-refractivity contribution in [3.05, 3.63) is 33.9 Å². The Hall–Kier alpha value is -2.55. The number of anilines is 1. The molecule has 94 valence electrons. The molecular formula is C12H13N3O3. The van der Waals surface area contributed by atoms with Crippen molar-refractivity contribution >= 4 is 17.3 Å². The van der Waals surface area contributed by atoms with Gasteiger partial charge in [0.1, 0.15) is 5.69 Å². The molecule has 0 bridgehead atoms. The molecule has 0 atom stereocenters. The van der Waals surface area contributed by atoms with Crippen molar-refractivity contribution in [1.29, 1.82) is 0 Å². The average molecular weight is 247 g/mol. The number of hydrogen-bond donors (Lipinski definition) is 2. The van der Waals surface area contributed by atoms with Crippen LogP contribution in [0.3, 0.4) is 0 Å². The van der Waals surface area contributed by atoms with Crippen LogP contribution in [0.15, 0.2) is 18.2 Å². The maximum atomic E-state index is 11.6. The summed E-state index contributed by atoms with van der Waals surface area (Å²) in [5.41, 5.74) is 0.474. The number of carbonyl (C=O) groups excluding carboxylic acids is 1. The molecule has 0 radical (unpaired) electrons. The summed E-state index contributed by atoms with van der Waals surface area (Å²) in [5.74, 6) is 2.04. The zero-order valence-electron chi connectivity index (χ0n) is 9.90. The smallest absolute Gasteiger partial charge is 0.292 e. The number of nitro groups is 1. The second-order valence-corrected chi connectivity index (χ2v) is 3.41. The number of amides is 1. The Morgan fingerprint density at radius 3 is 2.83 bits per heavy atom. The van der Waals surface area contributed by atoms with Crippen LogP contribution in [-0.4, -0.2) is 23.9 Å². The number of nitrogens with zero attached hydrogens (tertiary/aromatic N) is 1. The third kappa shape index (κ3) is 3.22. The molecule has 0 fully saturated rings. The maximum absolute atomic E-state index is 11.6. The molecule has 6 nitrogen and oxygen atoms in total. The first-order chi connectivity index (χ1) is 8.60. The van der Waals surface area contributed by atoms with Gasteiger partial charge in [0.25, 0.3) is 11.6 Å². The van der Waals surface area contributed by atoms with E-state index in [1.807, 2.05) is 0 Å². The van der Waals surface area contributed by atoms with E-state index in [0.29, 0.717) is 12.1 Å². The fraction of sp³-hybridized carbons (Fsp3) is 0.250. The quantitative estimate of drug-likeness (QED) is 0.468. The number of terminal acetylenes is 1. The lowest BCUT2D eigenvalue weighted by Crippen LogP contribution is -2.22. The molecule has 0 aliphatic rings. The summed E-state index contributed by atoms with van der Waals surface area (Å²) >= 11 is 0. The van der Waals surface area contributed by atoms with E-state index in [1.165, 1.54) is 18.2 Å². The number of hydrogen-bond acceptors (Lipinski definition) is 4. The van der Waals surface area contributed by atoms with Crippen molar-refractivity contribution in [3.8, 4) is 12.3 Å². The van der Waals surface area contributed by atoms with Crippen LogP contribution in [0.1, 0.15) is 17.3 Å². The molecule has 2 N–H and O–H groups in total. The van der Waals surface area contributed by atoms with E-state index < -0.39 is 4.92 Å². The summed E-state index contributed by atoms with van der Waals surface area (Å²) in [6.07, 6.45) is 5.09. The Bertz CT molecular complexity index is 506. The summed E-state index contributed by atoms with van der Waals surface area (Å²) in [6, 6.07) is 4.11. The van der Waals surface area contributed by atoms with Gasteiger partial charge in [-0.3, -0.25) is 14.9 Å². The second-order valence-electron chi connectivity index (χ2n) is 3.41. The van der Waals surface area contributed by atoms with Gasteiger partial charge in [0, 0.05) is 18.2 Å². The van der Waals surface area contributed by atoms with Crippen LogP contribution in [-0.2, 0) is 0 Å². The van der Waals surface area contributed by atoms with Crippen molar-refractivity contribution < 1.29 is 9.72 Å². The molecule has 0 aromatic heterocycles. The summed E-state index contributed by atoms with van der Waals surface area (Å²) in [7, 11) is 0. The van der Waals surface area contributed by atoms with E-state index in [1.54, 1.807) is 6.92 Å². The molecule has 1 rings (SSSR count). The standard InChI is InChI=1S/C12H13N3O3/c1-3-7-14-10-8-9(12(16)13-4-2)5-6-11(10)15(17)18/h1,5-6,8,14H,4,7H2,2H3,(H,13,16). The largest absolute Gasteiger partial charge is 0.369 e. The molecule has 0 heterocycles. The van der Waals surface area contributed by atoms with E-state index in [2.05, 4.69) is 16.6 Å². The Kier molecular flexibility index (Phi) is 4.69. The van der Waals surface area contributed by atoms with Gasteiger partial charge < -0.3 is 10.6 Å². The maximum Gasteiger partial charge on any atom is 0.292 e. The fourth-order valence-electron chi connectivity index (χ4n) is 1.39. The van der Waals surface area contributed by atoms with Gasteiger partial charge >= 0.3 is 0 Å². The van der Waals surface area contributed by atoms with Gasteiger partial charge in [-0.05, 0) is 19.1 Å². The highest BCUT2D eigenvalue weighted by atomic mass is 16.6. The average Bonchev–Trinajstić information content (AvgIpc) is 2.36. The van der Waals surface area contributed by atoms with Crippen LogP contribution in [0, 0.1) is 22.5 Å². The zero-order chi connectivity index (χ0) is 13.5. The number of nitro benzene ring substituents is 1. The van der Waals surface area contributed by atoms with Crippen LogP contribution in [0.2, 0.25) is 0 Å². The van der Waals surface area contributed by atoms with Gasteiger partial charge in [0.2, 0.25) is 0 Å². The zero-order valence-corrected chi connectivity index (χ0v) is 9.90. The summed E-state index contributed by atoms with van der Waals surface area (Å²) in [4.78, 5) is 21.9. The van der Waals surface area contributed by atoms with Crippen LogP contribution in [0.5, 0.6) is 0 Å². The third-order valence-corrected chi connectivity index (χ3v) is 2.17. The van der Waals surface area contributed by atoms with Gasteiger partial charge in [-0.25, -0.2) is 0 Å². The third-order valence-electron chi connectivity index (χ3n) is 2.17. The minimum atomic E-state index is -0.527. The highest BCUT2D eigenvalue weighted by Gasteiger charge is 2.15. The lowest BCUT2D eigenvalue weighted by atomic mass is 10.1. The molecule has 1 aromatic rings. The van der Waals surface area contributed by atoms with Crippen molar-refractivity contribution in [2.45, 2.75) is 6.92 Å². The Labute approximate surface area is 105 Å². The molecule has 0 unspecified atom stereocenters. The number of benzene rings is 1. The predicted molar refractivity (Wildman–Crippen MR) is 68.4 cm³/mol. The lowest BCUT2D eigenvalue weighted by Gasteiger charge is -2.07. The molecule has 1 aromatic carbocycles. The molecule has 0 saturated heterocycles.